The Morgan fingerprint density at radius 2 is 0.824 bits per heavy atom. The first-order valence-corrected chi connectivity index (χ1v) is 25.4. The molecule has 10 aromatic carbocycles. The van der Waals surface area contributed by atoms with Crippen LogP contribution in [0.2, 0.25) is 0 Å². The lowest BCUT2D eigenvalue weighted by atomic mass is 9.65. The molecule has 0 spiro atoms. The van der Waals surface area contributed by atoms with Gasteiger partial charge in [-0.2, -0.15) is 0 Å². The van der Waals surface area contributed by atoms with Crippen molar-refractivity contribution >= 4 is 55.4 Å². The van der Waals surface area contributed by atoms with Crippen LogP contribution in [0, 0.1) is 0 Å². The molecule has 0 atom stereocenters. The summed E-state index contributed by atoms with van der Waals surface area (Å²) in [7, 11) is -3.11. The predicted octanol–water partition coefficient (Wildman–Crippen LogP) is 14.9. The molecule has 0 unspecified atom stereocenters. The Bertz CT molecular complexity index is 3580. The van der Waals surface area contributed by atoms with Gasteiger partial charge in [0.1, 0.15) is 0 Å². The summed E-state index contributed by atoms with van der Waals surface area (Å²) in [6.45, 7) is 0. The van der Waals surface area contributed by atoms with E-state index in [0.29, 0.717) is 17.5 Å². The van der Waals surface area contributed by atoms with Crippen molar-refractivity contribution in [2.24, 2.45) is 0 Å². The van der Waals surface area contributed by atoms with Crippen molar-refractivity contribution in [1.29, 1.82) is 0 Å². The summed E-state index contributed by atoms with van der Waals surface area (Å²) >= 11 is 0. The van der Waals surface area contributed by atoms with Gasteiger partial charge in [-0.15, -0.1) is 0 Å². The molecule has 1 heterocycles. The van der Waals surface area contributed by atoms with Crippen LogP contribution in [0.15, 0.2) is 231 Å². The van der Waals surface area contributed by atoms with Gasteiger partial charge in [0, 0.05) is 38.0 Å². The van der Waals surface area contributed by atoms with Gasteiger partial charge in [0.05, 0.1) is 0 Å². The summed E-state index contributed by atoms with van der Waals surface area (Å²) in [5.74, 6) is 1.96. The molecule has 0 radical (unpaired) electrons. The number of aromatic nitrogens is 3. The van der Waals surface area contributed by atoms with E-state index in [4.69, 9.17) is 15.0 Å². The second kappa shape index (κ2) is 17.5. The molecule has 0 N–H and O–H groups in total. The summed E-state index contributed by atoms with van der Waals surface area (Å²) in [6, 6.07) is 80.6. The fourth-order valence-corrected chi connectivity index (χ4v) is 13.4. The number of hydrogen-bond donors (Lipinski definition) is 0. The molecular formula is C63H48N3OP. The van der Waals surface area contributed by atoms with E-state index < -0.39 is 7.14 Å². The standard InChI is InChI=1S/C63H48N3OP/c67-68(54-22-4-1-5-23-54,55-24-6-2-7-25-55)56-26-16-21-48(43-56)45-31-35-52(36-32-45)63(39-14-3-15-40-63)53-37-33-46(34-38-53)60-64-61(51-30-29-44-17-8-9-18-47(44)41-51)66-62(65-60)59-57-27-12-10-19-49(57)42-50-20-11-13-28-58(50)59/h1-2,4-13,16-38,41-43H,3,14-15,39-40H2. The van der Waals surface area contributed by atoms with E-state index in [1.807, 2.05) is 72.8 Å². The van der Waals surface area contributed by atoms with Gasteiger partial charge in [-0.05, 0) is 85.6 Å². The maximum absolute atomic E-state index is 15.3. The number of rotatable bonds is 9. The van der Waals surface area contributed by atoms with Crippen LogP contribution in [0.4, 0.5) is 0 Å². The molecule has 326 valence electrons. The molecule has 1 aliphatic rings. The fourth-order valence-electron chi connectivity index (χ4n) is 10.8. The van der Waals surface area contributed by atoms with Crippen LogP contribution in [0.25, 0.3) is 77.6 Å². The van der Waals surface area contributed by atoms with E-state index in [1.54, 1.807) is 0 Å². The minimum Gasteiger partial charge on any atom is -0.309 e. The molecule has 0 amide bonds. The fraction of sp³-hybridized carbons (Fsp3) is 0.0952. The van der Waals surface area contributed by atoms with Gasteiger partial charge < -0.3 is 4.57 Å². The molecule has 1 saturated carbocycles. The average Bonchev–Trinajstić information content (AvgIpc) is 3.42. The first-order valence-electron chi connectivity index (χ1n) is 23.7. The summed E-state index contributed by atoms with van der Waals surface area (Å²) < 4.78 is 15.3. The highest BCUT2D eigenvalue weighted by molar-refractivity contribution is 7.85. The topological polar surface area (TPSA) is 55.7 Å². The third-order valence-corrected chi connectivity index (χ3v) is 17.3. The molecular weight excluding hydrogens is 846 g/mol. The number of benzene rings is 10. The predicted molar refractivity (Wildman–Crippen MR) is 284 cm³/mol. The molecule has 1 aromatic heterocycles. The van der Waals surface area contributed by atoms with Crippen molar-refractivity contribution in [3.63, 3.8) is 0 Å². The van der Waals surface area contributed by atoms with Gasteiger partial charge in [0.2, 0.25) is 0 Å². The van der Waals surface area contributed by atoms with Crippen molar-refractivity contribution < 1.29 is 4.57 Å². The van der Waals surface area contributed by atoms with Crippen LogP contribution < -0.4 is 15.9 Å². The van der Waals surface area contributed by atoms with Crippen LogP contribution in [0.1, 0.15) is 43.2 Å². The molecule has 0 saturated heterocycles. The largest absolute Gasteiger partial charge is 0.309 e. The average molecular weight is 894 g/mol. The third-order valence-electron chi connectivity index (χ3n) is 14.3. The second-order valence-corrected chi connectivity index (χ2v) is 21.0. The Morgan fingerprint density at radius 1 is 0.338 bits per heavy atom. The first kappa shape index (κ1) is 41.6. The summed E-state index contributed by atoms with van der Waals surface area (Å²) in [5.41, 5.74) is 7.59. The summed E-state index contributed by atoms with van der Waals surface area (Å²) in [4.78, 5) is 15.9. The van der Waals surface area contributed by atoms with Crippen LogP contribution in [0.5, 0.6) is 0 Å². The molecule has 0 bridgehead atoms. The molecule has 11 aromatic rings. The van der Waals surface area contributed by atoms with Gasteiger partial charge >= 0.3 is 0 Å². The third kappa shape index (κ3) is 7.43. The van der Waals surface area contributed by atoms with Crippen molar-refractivity contribution in [2.45, 2.75) is 37.5 Å². The van der Waals surface area contributed by atoms with Crippen molar-refractivity contribution in [1.82, 2.24) is 15.0 Å². The lowest BCUT2D eigenvalue weighted by molar-refractivity contribution is 0.346. The number of hydrogen-bond acceptors (Lipinski definition) is 4. The maximum Gasteiger partial charge on any atom is 0.171 e. The van der Waals surface area contributed by atoms with E-state index in [2.05, 4.69) is 158 Å². The van der Waals surface area contributed by atoms with Gasteiger partial charge in [0.15, 0.2) is 24.6 Å². The Labute approximate surface area is 397 Å². The highest BCUT2D eigenvalue weighted by atomic mass is 31.2. The minimum absolute atomic E-state index is 0.129. The molecule has 4 nitrogen and oxygen atoms in total. The number of fused-ring (bicyclic) bond motifs is 3. The highest BCUT2D eigenvalue weighted by Crippen LogP contribution is 2.47. The van der Waals surface area contributed by atoms with E-state index in [-0.39, 0.29) is 5.41 Å². The molecule has 1 aliphatic carbocycles. The zero-order valence-electron chi connectivity index (χ0n) is 37.7. The molecule has 68 heavy (non-hydrogen) atoms. The zero-order chi connectivity index (χ0) is 45.5. The van der Waals surface area contributed by atoms with Crippen LogP contribution in [0.3, 0.4) is 0 Å². The van der Waals surface area contributed by atoms with E-state index in [1.165, 1.54) is 35.8 Å². The van der Waals surface area contributed by atoms with Gasteiger partial charge in [-0.3, -0.25) is 0 Å². The Hall–Kier alpha value is -7.78. The van der Waals surface area contributed by atoms with E-state index in [0.717, 1.165) is 83.5 Å². The van der Waals surface area contributed by atoms with Crippen LogP contribution in [-0.2, 0) is 9.98 Å². The van der Waals surface area contributed by atoms with Crippen molar-refractivity contribution in [2.75, 3.05) is 0 Å². The van der Waals surface area contributed by atoms with E-state index in [9.17, 15) is 0 Å². The lowest BCUT2D eigenvalue weighted by Gasteiger charge is -2.39. The SMILES string of the molecule is O=P(c1ccccc1)(c1ccccc1)c1cccc(-c2ccc(C3(c4ccc(-c5nc(-c6ccc7ccccc7c6)nc(-c6c7ccccc7cc7ccccc67)n5)cc4)CCCCC3)cc2)c1. The Balaban J connectivity index is 0.927. The normalized spacial score (nSPS) is 13.8. The van der Waals surface area contributed by atoms with Crippen molar-refractivity contribution in [3.05, 3.63) is 242 Å². The van der Waals surface area contributed by atoms with Gasteiger partial charge in [-0.25, -0.2) is 15.0 Å². The Morgan fingerprint density at radius 3 is 1.44 bits per heavy atom. The van der Waals surface area contributed by atoms with E-state index >= 15 is 4.57 Å². The van der Waals surface area contributed by atoms with Crippen LogP contribution in [-0.4, -0.2) is 15.0 Å². The summed E-state index contributed by atoms with van der Waals surface area (Å²) in [5, 5.41) is 9.35. The minimum atomic E-state index is -3.11. The van der Waals surface area contributed by atoms with Crippen molar-refractivity contribution in [3.8, 4) is 45.3 Å². The van der Waals surface area contributed by atoms with Gasteiger partial charge in [0.25, 0.3) is 0 Å². The van der Waals surface area contributed by atoms with Crippen LogP contribution >= 0.6 is 7.14 Å². The maximum atomic E-state index is 15.3. The summed E-state index contributed by atoms with van der Waals surface area (Å²) in [6.07, 6.45) is 5.74. The van der Waals surface area contributed by atoms with Gasteiger partial charge in [-0.1, -0.05) is 232 Å². The Kier molecular flexibility index (Phi) is 10.7. The quantitative estimate of drug-likeness (QED) is 0.107. The molecule has 12 rings (SSSR count). The second-order valence-electron chi connectivity index (χ2n) is 18.2. The monoisotopic (exact) mass is 893 g/mol. The number of nitrogens with zero attached hydrogens (tertiary/aromatic N) is 3. The lowest BCUT2D eigenvalue weighted by Crippen LogP contribution is -2.30. The molecule has 5 heteroatoms. The smallest absolute Gasteiger partial charge is 0.171 e. The molecule has 0 aliphatic heterocycles. The highest BCUT2D eigenvalue weighted by Gasteiger charge is 2.36. The zero-order valence-corrected chi connectivity index (χ0v) is 38.6. The molecule has 1 fully saturated rings. The first-order chi connectivity index (χ1) is 33.5.